The summed E-state index contributed by atoms with van der Waals surface area (Å²) in [7, 11) is -3.21. The lowest BCUT2D eigenvalue weighted by Gasteiger charge is -2.28. The number of hydrogen-bond donors (Lipinski definition) is 1. The number of rotatable bonds is 2. The first-order chi connectivity index (χ1) is 9.03. The Kier molecular flexibility index (Phi) is 3.14. The third-order valence-electron chi connectivity index (χ3n) is 3.47. The van der Waals surface area contributed by atoms with Gasteiger partial charge in [0.25, 0.3) is 0 Å². The lowest BCUT2D eigenvalue weighted by Crippen LogP contribution is -2.30. The zero-order valence-corrected chi connectivity index (χ0v) is 11.6. The van der Waals surface area contributed by atoms with E-state index >= 15 is 0 Å². The summed E-state index contributed by atoms with van der Waals surface area (Å²) in [4.78, 5) is 0. The first kappa shape index (κ1) is 12.7. The van der Waals surface area contributed by atoms with Gasteiger partial charge in [-0.25, -0.2) is 13.1 Å². The molecule has 1 aromatic rings. The van der Waals surface area contributed by atoms with Crippen LogP contribution in [0.25, 0.3) is 0 Å². The molecule has 2 aliphatic rings. The van der Waals surface area contributed by atoms with Crippen LogP contribution in [-0.2, 0) is 16.4 Å². The summed E-state index contributed by atoms with van der Waals surface area (Å²) < 4.78 is 36.7. The molecule has 19 heavy (non-hydrogen) atoms. The quantitative estimate of drug-likeness (QED) is 0.890. The van der Waals surface area contributed by atoms with Gasteiger partial charge < -0.3 is 9.47 Å². The van der Waals surface area contributed by atoms with Crippen molar-refractivity contribution >= 4 is 10.0 Å². The van der Waals surface area contributed by atoms with Gasteiger partial charge in [0.1, 0.15) is 13.2 Å². The van der Waals surface area contributed by atoms with Crippen molar-refractivity contribution in [2.75, 3.05) is 19.5 Å². The highest BCUT2D eigenvalue weighted by Gasteiger charge is 2.26. The van der Waals surface area contributed by atoms with Crippen LogP contribution in [0, 0.1) is 0 Å². The fraction of sp³-hybridized carbons (Fsp3) is 0.538. The summed E-state index contributed by atoms with van der Waals surface area (Å²) in [6.45, 7) is 1.10. The maximum Gasteiger partial charge on any atom is 0.209 e. The van der Waals surface area contributed by atoms with Crippen LogP contribution in [0.1, 0.15) is 30.0 Å². The molecule has 0 radical (unpaired) electrons. The first-order valence-corrected chi connectivity index (χ1v) is 8.32. The average Bonchev–Trinajstić information content (AvgIpc) is 2.35. The first-order valence-electron chi connectivity index (χ1n) is 6.43. The highest BCUT2D eigenvalue weighted by molar-refractivity contribution is 7.88. The second-order valence-corrected chi connectivity index (χ2v) is 6.81. The minimum absolute atomic E-state index is 0.158. The fourth-order valence-corrected chi connectivity index (χ4v) is 3.48. The Bertz CT molecular complexity index is 597. The molecule has 1 N–H and O–H groups in total. The van der Waals surface area contributed by atoms with Gasteiger partial charge in [0, 0.05) is 6.04 Å². The van der Waals surface area contributed by atoms with E-state index in [4.69, 9.17) is 9.47 Å². The molecule has 1 aliphatic carbocycles. The molecule has 0 saturated heterocycles. The molecule has 0 amide bonds. The number of nitrogens with one attached hydrogen (secondary N) is 1. The van der Waals surface area contributed by atoms with Crippen molar-refractivity contribution in [3.8, 4) is 11.5 Å². The van der Waals surface area contributed by atoms with Crippen molar-refractivity contribution in [2.45, 2.75) is 25.3 Å². The van der Waals surface area contributed by atoms with Gasteiger partial charge >= 0.3 is 0 Å². The van der Waals surface area contributed by atoms with E-state index in [1.54, 1.807) is 0 Å². The van der Waals surface area contributed by atoms with Gasteiger partial charge in [0.2, 0.25) is 10.0 Å². The molecule has 0 saturated carbocycles. The molecule has 1 heterocycles. The molecule has 0 bridgehead atoms. The van der Waals surface area contributed by atoms with Gasteiger partial charge in [-0.05, 0) is 42.5 Å². The summed E-state index contributed by atoms with van der Waals surface area (Å²) in [5, 5.41) is 0. The van der Waals surface area contributed by atoms with E-state index in [9.17, 15) is 8.42 Å². The predicted molar refractivity (Wildman–Crippen MR) is 71.1 cm³/mol. The summed E-state index contributed by atoms with van der Waals surface area (Å²) >= 11 is 0. The molecular weight excluding hydrogens is 266 g/mol. The van der Waals surface area contributed by atoms with Gasteiger partial charge in [0.05, 0.1) is 6.26 Å². The molecule has 5 nitrogen and oxygen atoms in total. The highest BCUT2D eigenvalue weighted by atomic mass is 32.2. The van der Waals surface area contributed by atoms with Crippen molar-refractivity contribution in [3.63, 3.8) is 0 Å². The third kappa shape index (κ3) is 2.69. The lowest BCUT2D eigenvalue weighted by atomic mass is 9.88. The number of fused-ring (bicyclic) bond motifs is 2. The number of benzene rings is 1. The molecule has 104 valence electrons. The minimum Gasteiger partial charge on any atom is -0.486 e. The number of hydrogen-bond acceptors (Lipinski definition) is 4. The van der Waals surface area contributed by atoms with E-state index in [1.165, 1.54) is 6.26 Å². The Hall–Kier alpha value is -1.27. The van der Waals surface area contributed by atoms with Crippen LogP contribution in [0.15, 0.2) is 12.1 Å². The topological polar surface area (TPSA) is 64.6 Å². The average molecular weight is 283 g/mol. The predicted octanol–water partition coefficient (Wildman–Crippen LogP) is 1.38. The second kappa shape index (κ2) is 4.68. The van der Waals surface area contributed by atoms with Crippen LogP contribution in [0.5, 0.6) is 11.5 Å². The van der Waals surface area contributed by atoms with Gasteiger partial charge in [0.15, 0.2) is 11.5 Å². The smallest absolute Gasteiger partial charge is 0.209 e. The van der Waals surface area contributed by atoms with Crippen molar-refractivity contribution in [2.24, 2.45) is 0 Å². The Morgan fingerprint density at radius 3 is 2.58 bits per heavy atom. The second-order valence-electron chi connectivity index (χ2n) is 5.03. The van der Waals surface area contributed by atoms with Crippen LogP contribution in [0.3, 0.4) is 0 Å². The standard InChI is InChI=1S/C13H17NO4S/c1-19(15,16)14-11-4-2-3-9-7-12-13(8-10(9)11)18-6-5-17-12/h7-8,11,14H,2-6H2,1H3. The van der Waals surface area contributed by atoms with E-state index in [2.05, 4.69) is 4.72 Å². The molecule has 1 aromatic carbocycles. The van der Waals surface area contributed by atoms with E-state index in [1.807, 2.05) is 12.1 Å². The Labute approximate surface area is 113 Å². The van der Waals surface area contributed by atoms with Gasteiger partial charge in [-0.3, -0.25) is 0 Å². The monoisotopic (exact) mass is 283 g/mol. The van der Waals surface area contributed by atoms with Crippen molar-refractivity contribution in [3.05, 3.63) is 23.3 Å². The molecule has 6 heteroatoms. The van der Waals surface area contributed by atoms with E-state index in [0.717, 1.165) is 36.1 Å². The number of ether oxygens (including phenoxy) is 2. The molecule has 1 aliphatic heterocycles. The van der Waals surface area contributed by atoms with E-state index < -0.39 is 10.0 Å². The summed E-state index contributed by atoms with van der Waals surface area (Å²) in [6.07, 6.45) is 3.94. The molecule has 0 fully saturated rings. The zero-order valence-electron chi connectivity index (χ0n) is 10.8. The SMILES string of the molecule is CS(=O)(=O)NC1CCCc2cc3c(cc21)OCCO3. The van der Waals surface area contributed by atoms with E-state index in [0.29, 0.717) is 19.0 Å². The lowest BCUT2D eigenvalue weighted by molar-refractivity contribution is 0.171. The van der Waals surface area contributed by atoms with Crippen LogP contribution in [-0.4, -0.2) is 27.9 Å². The Balaban J connectivity index is 1.99. The summed E-state index contributed by atoms with van der Waals surface area (Å²) in [6, 6.07) is 3.75. The Morgan fingerprint density at radius 2 is 1.89 bits per heavy atom. The minimum atomic E-state index is -3.21. The van der Waals surface area contributed by atoms with Gasteiger partial charge in [-0.2, -0.15) is 0 Å². The Morgan fingerprint density at radius 1 is 1.21 bits per heavy atom. The molecular formula is C13H17NO4S. The maximum absolute atomic E-state index is 11.4. The summed E-state index contributed by atoms with van der Waals surface area (Å²) in [5.74, 6) is 1.48. The van der Waals surface area contributed by atoms with Crippen LogP contribution in [0.2, 0.25) is 0 Å². The zero-order chi connectivity index (χ0) is 13.5. The molecule has 0 aromatic heterocycles. The third-order valence-corrected chi connectivity index (χ3v) is 4.19. The molecule has 0 spiro atoms. The van der Waals surface area contributed by atoms with Gasteiger partial charge in [-0.15, -0.1) is 0 Å². The molecule has 1 atom stereocenters. The molecule has 3 rings (SSSR count). The normalized spacial score (nSPS) is 21.8. The number of aryl methyl sites for hydroxylation is 1. The van der Waals surface area contributed by atoms with Crippen LogP contribution < -0.4 is 14.2 Å². The molecule has 1 unspecified atom stereocenters. The fourth-order valence-electron chi connectivity index (χ4n) is 2.72. The number of sulfonamides is 1. The summed E-state index contributed by atoms with van der Waals surface area (Å²) in [5.41, 5.74) is 2.16. The van der Waals surface area contributed by atoms with E-state index in [-0.39, 0.29) is 6.04 Å². The largest absolute Gasteiger partial charge is 0.486 e. The van der Waals surface area contributed by atoms with Gasteiger partial charge in [-0.1, -0.05) is 0 Å². The van der Waals surface area contributed by atoms with Crippen LogP contribution in [0.4, 0.5) is 0 Å². The maximum atomic E-state index is 11.4. The van der Waals surface area contributed by atoms with Crippen LogP contribution >= 0.6 is 0 Å². The van der Waals surface area contributed by atoms with Crippen molar-refractivity contribution in [1.29, 1.82) is 0 Å². The highest BCUT2D eigenvalue weighted by Crippen LogP contribution is 2.39. The van der Waals surface area contributed by atoms with Crippen molar-refractivity contribution in [1.82, 2.24) is 4.72 Å². The van der Waals surface area contributed by atoms with Crippen molar-refractivity contribution < 1.29 is 17.9 Å².